The summed E-state index contributed by atoms with van der Waals surface area (Å²) in [5.41, 5.74) is 5.40. The molecule has 0 amide bonds. The first kappa shape index (κ1) is 13.0. The Morgan fingerprint density at radius 2 is 2.24 bits per heavy atom. The lowest BCUT2D eigenvalue weighted by Crippen LogP contribution is -2.39. The van der Waals surface area contributed by atoms with Crippen molar-refractivity contribution in [3.63, 3.8) is 0 Å². The van der Waals surface area contributed by atoms with E-state index in [-0.39, 0.29) is 11.9 Å². The SMILES string of the molecule is NC1CCCC(F)(Cc2ccc(F)c(Br)c2)C1. The fourth-order valence-corrected chi connectivity index (χ4v) is 2.96. The summed E-state index contributed by atoms with van der Waals surface area (Å²) in [6.45, 7) is 0. The first-order valence-corrected chi connectivity index (χ1v) is 6.66. The van der Waals surface area contributed by atoms with Crippen molar-refractivity contribution in [2.75, 3.05) is 0 Å². The van der Waals surface area contributed by atoms with Crippen LogP contribution in [-0.2, 0) is 6.42 Å². The molecule has 2 atom stereocenters. The van der Waals surface area contributed by atoms with Gasteiger partial charge in [0.2, 0.25) is 0 Å². The minimum absolute atomic E-state index is 0.0439. The van der Waals surface area contributed by atoms with Gasteiger partial charge in [-0.1, -0.05) is 6.07 Å². The predicted molar refractivity (Wildman–Crippen MR) is 68.1 cm³/mol. The lowest BCUT2D eigenvalue weighted by atomic mass is 9.80. The third kappa shape index (κ3) is 3.26. The van der Waals surface area contributed by atoms with E-state index in [4.69, 9.17) is 5.73 Å². The zero-order valence-electron chi connectivity index (χ0n) is 9.56. The minimum Gasteiger partial charge on any atom is -0.328 e. The van der Waals surface area contributed by atoms with E-state index in [2.05, 4.69) is 15.9 Å². The average Bonchev–Trinajstić information content (AvgIpc) is 2.22. The highest BCUT2D eigenvalue weighted by Gasteiger charge is 2.35. The molecule has 0 spiro atoms. The molecule has 1 aliphatic carbocycles. The summed E-state index contributed by atoms with van der Waals surface area (Å²) in [4.78, 5) is 0. The molecule has 0 bridgehead atoms. The number of alkyl halides is 1. The predicted octanol–water partition coefficient (Wildman–Crippen LogP) is 3.74. The summed E-state index contributed by atoms with van der Waals surface area (Å²) >= 11 is 3.12. The van der Waals surface area contributed by atoms with Crippen LogP contribution >= 0.6 is 15.9 Å². The summed E-state index contributed by atoms with van der Waals surface area (Å²) in [5, 5.41) is 0. The standard InChI is InChI=1S/C13H16BrF2N/c14-11-6-9(3-4-12(11)15)7-13(16)5-1-2-10(17)8-13/h3-4,6,10H,1-2,5,7-8,17H2. The molecular formula is C13H16BrF2N. The summed E-state index contributed by atoms with van der Waals surface area (Å²) in [6, 6.07) is 4.61. The van der Waals surface area contributed by atoms with E-state index in [0.29, 0.717) is 23.7 Å². The Morgan fingerprint density at radius 3 is 2.88 bits per heavy atom. The number of rotatable bonds is 2. The first-order chi connectivity index (χ1) is 7.98. The Kier molecular flexibility index (Phi) is 3.83. The van der Waals surface area contributed by atoms with E-state index < -0.39 is 5.67 Å². The van der Waals surface area contributed by atoms with Crippen molar-refractivity contribution >= 4 is 15.9 Å². The van der Waals surface area contributed by atoms with Crippen LogP contribution in [0.3, 0.4) is 0 Å². The molecule has 1 aliphatic rings. The van der Waals surface area contributed by atoms with Crippen molar-refractivity contribution in [3.8, 4) is 0 Å². The molecule has 1 aromatic rings. The fourth-order valence-electron chi connectivity index (χ4n) is 2.53. The van der Waals surface area contributed by atoms with Crippen LogP contribution in [0.5, 0.6) is 0 Å². The first-order valence-electron chi connectivity index (χ1n) is 5.87. The lowest BCUT2D eigenvalue weighted by molar-refractivity contribution is 0.0965. The maximum absolute atomic E-state index is 14.6. The second kappa shape index (κ2) is 5.02. The highest BCUT2D eigenvalue weighted by Crippen LogP contribution is 2.34. The molecule has 2 unspecified atom stereocenters. The molecule has 2 N–H and O–H groups in total. The van der Waals surface area contributed by atoms with Gasteiger partial charge in [-0.25, -0.2) is 8.78 Å². The van der Waals surface area contributed by atoms with E-state index in [9.17, 15) is 8.78 Å². The van der Waals surface area contributed by atoms with E-state index in [1.54, 1.807) is 12.1 Å². The van der Waals surface area contributed by atoms with E-state index in [1.165, 1.54) is 6.07 Å². The smallest absolute Gasteiger partial charge is 0.137 e. The Bertz CT molecular complexity index is 410. The maximum Gasteiger partial charge on any atom is 0.137 e. The summed E-state index contributed by atoms with van der Waals surface area (Å²) in [5.74, 6) is -0.318. The van der Waals surface area contributed by atoms with Gasteiger partial charge in [-0.15, -0.1) is 0 Å². The molecule has 2 rings (SSSR count). The molecule has 0 heterocycles. The van der Waals surface area contributed by atoms with Crippen molar-refractivity contribution in [1.29, 1.82) is 0 Å². The average molecular weight is 304 g/mol. The van der Waals surface area contributed by atoms with E-state index in [1.807, 2.05) is 0 Å². The zero-order chi connectivity index (χ0) is 12.5. The fraction of sp³-hybridized carbons (Fsp3) is 0.538. The molecule has 1 fully saturated rings. The molecule has 0 saturated heterocycles. The molecule has 94 valence electrons. The maximum atomic E-state index is 14.6. The second-order valence-electron chi connectivity index (χ2n) is 4.93. The Labute approximate surface area is 109 Å². The molecule has 0 aromatic heterocycles. The summed E-state index contributed by atoms with van der Waals surface area (Å²) < 4.78 is 28.0. The van der Waals surface area contributed by atoms with Crippen LogP contribution in [-0.4, -0.2) is 11.7 Å². The second-order valence-corrected chi connectivity index (χ2v) is 5.79. The monoisotopic (exact) mass is 303 g/mol. The Morgan fingerprint density at radius 1 is 1.47 bits per heavy atom. The largest absolute Gasteiger partial charge is 0.328 e. The van der Waals surface area contributed by atoms with Gasteiger partial charge >= 0.3 is 0 Å². The van der Waals surface area contributed by atoms with Gasteiger partial charge in [-0.2, -0.15) is 0 Å². The van der Waals surface area contributed by atoms with Crippen LogP contribution in [0.25, 0.3) is 0 Å². The van der Waals surface area contributed by atoms with Crippen molar-refractivity contribution in [2.24, 2.45) is 5.73 Å². The molecule has 17 heavy (non-hydrogen) atoms. The van der Waals surface area contributed by atoms with Gasteiger partial charge in [-0.05, 0) is 59.3 Å². The Balaban J connectivity index is 2.11. The van der Waals surface area contributed by atoms with Crippen LogP contribution in [0.15, 0.2) is 22.7 Å². The minimum atomic E-state index is -1.23. The molecular weight excluding hydrogens is 288 g/mol. The van der Waals surface area contributed by atoms with Crippen molar-refractivity contribution < 1.29 is 8.78 Å². The zero-order valence-corrected chi connectivity index (χ0v) is 11.1. The number of hydrogen-bond donors (Lipinski definition) is 1. The van der Waals surface area contributed by atoms with Crippen LogP contribution < -0.4 is 5.73 Å². The van der Waals surface area contributed by atoms with Gasteiger partial charge < -0.3 is 5.73 Å². The molecule has 1 aromatic carbocycles. The van der Waals surface area contributed by atoms with Gasteiger partial charge in [-0.3, -0.25) is 0 Å². The van der Waals surface area contributed by atoms with E-state index >= 15 is 0 Å². The van der Waals surface area contributed by atoms with Crippen molar-refractivity contribution in [1.82, 2.24) is 0 Å². The molecule has 0 aliphatic heterocycles. The van der Waals surface area contributed by atoms with Crippen LogP contribution in [0, 0.1) is 5.82 Å². The number of hydrogen-bond acceptors (Lipinski definition) is 1. The van der Waals surface area contributed by atoms with Crippen LogP contribution in [0.2, 0.25) is 0 Å². The molecule has 4 heteroatoms. The topological polar surface area (TPSA) is 26.0 Å². The number of halogens is 3. The van der Waals surface area contributed by atoms with Crippen molar-refractivity contribution in [2.45, 2.75) is 43.8 Å². The van der Waals surface area contributed by atoms with Gasteiger partial charge in [0.15, 0.2) is 0 Å². The lowest BCUT2D eigenvalue weighted by Gasteiger charge is -2.33. The number of nitrogens with two attached hydrogens (primary N) is 1. The summed E-state index contributed by atoms with van der Waals surface area (Å²) in [6.07, 6.45) is 3.01. The third-order valence-corrected chi connectivity index (χ3v) is 3.94. The van der Waals surface area contributed by atoms with Crippen molar-refractivity contribution in [3.05, 3.63) is 34.1 Å². The molecule has 1 nitrogen and oxygen atoms in total. The van der Waals surface area contributed by atoms with Gasteiger partial charge in [0, 0.05) is 12.5 Å². The Hall–Kier alpha value is -0.480. The van der Waals surface area contributed by atoms with Crippen LogP contribution in [0.1, 0.15) is 31.2 Å². The third-order valence-electron chi connectivity index (χ3n) is 3.33. The molecule has 1 saturated carbocycles. The highest BCUT2D eigenvalue weighted by molar-refractivity contribution is 9.10. The van der Waals surface area contributed by atoms with E-state index in [0.717, 1.165) is 18.4 Å². The number of benzene rings is 1. The van der Waals surface area contributed by atoms with Gasteiger partial charge in [0.25, 0.3) is 0 Å². The normalized spacial score (nSPS) is 29.3. The van der Waals surface area contributed by atoms with Crippen LogP contribution in [0.4, 0.5) is 8.78 Å². The quantitative estimate of drug-likeness (QED) is 0.885. The van der Waals surface area contributed by atoms with Gasteiger partial charge in [0.05, 0.1) is 4.47 Å². The highest BCUT2D eigenvalue weighted by atomic mass is 79.9. The molecule has 0 radical (unpaired) electrons. The summed E-state index contributed by atoms with van der Waals surface area (Å²) in [7, 11) is 0. The van der Waals surface area contributed by atoms with Gasteiger partial charge in [0.1, 0.15) is 11.5 Å².